The Morgan fingerprint density at radius 2 is 2.10 bits per heavy atom. The Morgan fingerprint density at radius 1 is 1.30 bits per heavy atom. The summed E-state index contributed by atoms with van der Waals surface area (Å²) in [7, 11) is 1.84. The number of amides is 1. The third-order valence-electron chi connectivity index (χ3n) is 4.61. The average molecular weight is 427 g/mol. The number of carbonyl (C=O) groups excluding carboxylic acids is 1. The third kappa shape index (κ3) is 4.14. The maximum absolute atomic E-state index is 12.9. The zero-order valence-electron chi connectivity index (χ0n) is 16.2. The number of nitrogen functional groups attached to an aromatic ring is 1. The van der Waals surface area contributed by atoms with E-state index >= 15 is 0 Å². The van der Waals surface area contributed by atoms with Gasteiger partial charge in [-0.15, -0.1) is 0 Å². The second kappa shape index (κ2) is 8.97. The van der Waals surface area contributed by atoms with Gasteiger partial charge in [-0.3, -0.25) is 9.78 Å². The maximum atomic E-state index is 12.9. The molecule has 1 amide bonds. The Kier molecular flexibility index (Phi) is 6.38. The Labute approximate surface area is 180 Å². The summed E-state index contributed by atoms with van der Waals surface area (Å²) >= 11 is 0. The van der Waals surface area contributed by atoms with Crippen molar-refractivity contribution in [1.82, 2.24) is 15.0 Å². The number of pyridine rings is 1. The molecule has 0 unspecified atom stereocenters. The molecule has 0 fully saturated rings. The number of aliphatic hydroxyl groups is 1. The lowest BCUT2D eigenvalue weighted by Gasteiger charge is -2.27. The number of nitrogens with two attached hydrogens (primary N) is 1. The Morgan fingerprint density at radius 3 is 2.90 bits per heavy atom. The molecule has 3 aromatic rings. The highest BCUT2D eigenvalue weighted by molar-refractivity contribution is 7.59. The normalized spacial score (nSPS) is 15.7. The lowest BCUT2D eigenvalue weighted by atomic mass is 10.1. The SMILES string of the molecule is CN1C[C@@H](CO)Oc2ccccc2-c2cnc(N)c(n2)C(=O)Nc2cnccc21.S. The Bertz CT molecular complexity index is 1060. The van der Waals surface area contributed by atoms with Crippen LogP contribution >= 0.6 is 13.5 Å². The van der Waals surface area contributed by atoms with Gasteiger partial charge in [0, 0.05) is 18.8 Å². The van der Waals surface area contributed by atoms with Gasteiger partial charge in [0.2, 0.25) is 0 Å². The number of hydrogen-bond donors (Lipinski definition) is 3. The molecule has 0 spiro atoms. The molecule has 1 atom stereocenters. The molecule has 2 aromatic heterocycles. The number of aromatic nitrogens is 3. The predicted molar refractivity (Wildman–Crippen MR) is 119 cm³/mol. The van der Waals surface area contributed by atoms with Crippen LogP contribution in [0.4, 0.5) is 17.2 Å². The Hall–Kier alpha value is -3.37. The van der Waals surface area contributed by atoms with E-state index < -0.39 is 12.0 Å². The number of aliphatic hydroxyl groups excluding tert-OH is 1. The molecule has 1 aliphatic heterocycles. The standard InChI is InChI=1S/C20H20N6O3.H2S/c1-26-10-12(11-27)29-17-5-3-2-4-13(17)14-9-23-19(21)18(24-14)20(28)25-15-8-22-7-6-16(15)26;/h2-9,12,27H,10-11H2,1H3,(H2,21,23)(H,25,28);1H2/t12-;/m0./s1. The maximum Gasteiger partial charge on any atom is 0.278 e. The quantitative estimate of drug-likeness (QED) is 0.536. The largest absolute Gasteiger partial charge is 0.485 e. The summed E-state index contributed by atoms with van der Waals surface area (Å²) in [6, 6.07) is 9.03. The first kappa shape index (κ1) is 21.3. The molecule has 10 heteroatoms. The number of carbonyl (C=O) groups is 1. The molecular formula is C20H22N6O3S. The summed E-state index contributed by atoms with van der Waals surface area (Å²) in [6.07, 6.45) is 4.14. The predicted octanol–water partition coefficient (Wildman–Crippen LogP) is 1.68. The fourth-order valence-corrected chi connectivity index (χ4v) is 3.19. The van der Waals surface area contributed by atoms with E-state index in [0.29, 0.717) is 34.9 Å². The van der Waals surface area contributed by atoms with Gasteiger partial charge in [-0.2, -0.15) is 13.5 Å². The van der Waals surface area contributed by atoms with Gasteiger partial charge >= 0.3 is 0 Å². The summed E-state index contributed by atoms with van der Waals surface area (Å²) in [5.74, 6) is 0.0574. The highest BCUT2D eigenvalue weighted by atomic mass is 32.1. The van der Waals surface area contributed by atoms with E-state index in [1.54, 1.807) is 24.5 Å². The summed E-state index contributed by atoms with van der Waals surface area (Å²) in [4.78, 5) is 27.4. The number of likely N-dealkylation sites (N-methyl/N-ethyl adjacent to an activating group) is 1. The van der Waals surface area contributed by atoms with E-state index in [-0.39, 0.29) is 31.6 Å². The van der Waals surface area contributed by atoms with Crippen LogP contribution in [0.25, 0.3) is 11.3 Å². The van der Waals surface area contributed by atoms with Crippen LogP contribution in [0.1, 0.15) is 10.5 Å². The zero-order valence-corrected chi connectivity index (χ0v) is 17.2. The van der Waals surface area contributed by atoms with E-state index in [2.05, 4.69) is 20.3 Å². The number of nitrogens with zero attached hydrogens (tertiary/aromatic N) is 4. The van der Waals surface area contributed by atoms with Gasteiger partial charge in [0.25, 0.3) is 5.91 Å². The number of fused-ring (bicyclic) bond motifs is 5. The van der Waals surface area contributed by atoms with Crippen LogP contribution in [0, 0.1) is 0 Å². The van der Waals surface area contributed by atoms with Gasteiger partial charge in [-0.05, 0) is 18.2 Å². The van der Waals surface area contributed by atoms with Crippen LogP contribution in [0.15, 0.2) is 48.9 Å². The highest BCUT2D eigenvalue weighted by Crippen LogP contribution is 2.31. The van der Waals surface area contributed by atoms with Crippen LogP contribution < -0.4 is 20.7 Å². The average Bonchev–Trinajstić information content (AvgIpc) is 2.74. The van der Waals surface area contributed by atoms with Crippen LogP contribution in [-0.4, -0.2) is 52.3 Å². The number of ether oxygens (including phenoxy) is 1. The highest BCUT2D eigenvalue weighted by Gasteiger charge is 2.22. The molecule has 30 heavy (non-hydrogen) atoms. The minimum Gasteiger partial charge on any atom is -0.485 e. The minimum absolute atomic E-state index is 0. The van der Waals surface area contributed by atoms with E-state index in [9.17, 15) is 9.90 Å². The van der Waals surface area contributed by atoms with E-state index in [4.69, 9.17) is 10.5 Å². The van der Waals surface area contributed by atoms with Crippen molar-refractivity contribution >= 4 is 36.6 Å². The topological polar surface area (TPSA) is 126 Å². The summed E-state index contributed by atoms with van der Waals surface area (Å²) in [5, 5.41) is 12.7. The van der Waals surface area contributed by atoms with Gasteiger partial charge in [-0.25, -0.2) is 9.97 Å². The fraction of sp³-hybridized carbons (Fsp3) is 0.200. The lowest BCUT2D eigenvalue weighted by molar-refractivity contribution is 0.102. The fourth-order valence-electron chi connectivity index (χ4n) is 3.19. The molecule has 0 radical (unpaired) electrons. The van der Waals surface area contributed by atoms with Gasteiger partial charge in [0.05, 0.1) is 42.6 Å². The molecule has 1 aliphatic rings. The first-order chi connectivity index (χ1) is 14.1. The van der Waals surface area contributed by atoms with Crippen molar-refractivity contribution in [3.05, 3.63) is 54.6 Å². The monoisotopic (exact) mass is 426 g/mol. The molecule has 156 valence electrons. The molecule has 4 N–H and O–H groups in total. The zero-order chi connectivity index (χ0) is 20.4. The molecule has 0 aliphatic carbocycles. The van der Waals surface area contributed by atoms with Crippen molar-refractivity contribution in [3.8, 4) is 17.0 Å². The van der Waals surface area contributed by atoms with Gasteiger partial charge in [0.15, 0.2) is 11.5 Å². The van der Waals surface area contributed by atoms with Crippen LogP contribution in [0.2, 0.25) is 0 Å². The molecule has 4 rings (SSSR count). The second-order valence-corrected chi connectivity index (χ2v) is 6.64. The number of benzene rings is 1. The molecule has 3 heterocycles. The molecule has 9 nitrogen and oxygen atoms in total. The molecular weight excluding hydrogens is 404 g/mol. The van der Waals surface area contributed by atoms with E-state index in [1.807, 2.05) is 30.1 Å². The molecule has 0 saturated heterocycles. The van der Waals surface area contributed by atoms with Crippen LogP contribution in [0.5, 0.6) is 5.75 Å². The second-order valence-electron chi connectivity index (χ2n) is 6.64. The van der Waals surface area contributed by atoms with Crippen molar-refractivity contribution in [1.29, 1.82) is 0 Å². The Balaban J connectivity index is 0.00000256. The first-order valence-corrected chi connectivity index (χ1v) is 9.02. The number of hydrogen-bond acceptors (Lipinski definition) is 8. The van der Waals surface area contributed by atoms with Gasteiger partial charge in [-0.1, -0.05) is 12.1 Å². The van der Waals surface area contributed by atoms with E-state index in [1.165, 1.54) is 6.20 Å². The summed E-state index contributed by atoms with van der Waals surface area (Å²) < 4.78 is 6.09. The number of rotatable bonds is 1. The number of anilines is 3. The van der Waals surface area contributed by atoms with Crippen molar-refractivity contribution in [2.75, 3.05) is 36.1 Å². The summed E-state index contributed by atoms with van der Waals surface area (Å²) in [6.45, 7) is 0.188. The minimum atomic E-state index is -0.514. The molecule has 2 bridgehead atoms. The van der Waals surface area contributed by atoms with Crippen molar-refractivity contribution in [2.24, 2.45) is 0 Å². The summed E-state index contributed by atoms with van der Waals surface area (Å²) in [5.41, 5.74) is 8.22. The van der Waals surface area contributed by atoms with E-state index in [0.717, 1.165) is 0 Å². The molecule has 1 aromatic carbocycles. The smallest absolute Gasteiger partial charge is 0.278 e. The van der Waals surface area contributed by atoms with Crippen molar-refractivity contribution in [2.45, 2.75) is 6.10 Å². The third-order valence-corrected chi connectivity index (χ3v) is 4.61. The number of para-hydroxylation sites is 1. The number of nitrogens with one attached hydrogen (secondary N) is 1. The lowest BCUT2D eigenvalue weighted by Crippen LogP contribution is -2.36. The van der Waals surface area contributed by atoms with Crippen LogP contribution in [-0.2, 0) is 0 Å². The van der Waals surface area contributed by atoms with Gasteiger partial charge < -0.3 is 25.8 Å². The van der Waals surface area contributed by atoms with Crippen molar-refractivity contribution < 1.29 is 14.6 Å². The van der Waals surface area contributed by atoms with Crippen molar-refractivity contribution in [3.63, 3.8) is 0 Å². The first-order valence-electron chi connectivity index (χ1n) is 9.02. The van der Waals surface area contributed by atoms with Crippen LogP contribution in [0.3, 0.4) is 0 Å². The van der Waals surface area contributed by atoms with Gasteiger partial charge in [0.1, 0.15) is 11.9 Å². The molecule has 0 saturated carbocycles.